The molecule has 0 aliphatic carbocycles. The van der Waals surface area contributed by atoms with E-state index >= 15 is 0 Å². The van der Waals surface area contributed by atoms with Crippen LogP contribution in [0.1, 0.15) is 37.3 Å². The molecule has 1 N–H and O–H groups in total. The molecule has 1 atom stereocenters. The third-order valence-electron chi connectivity index (χ3n) is 2.89. The summed E-state index contributed by atoms with van der Waals surface area (Å²) in [5, 5.41) is 3.27. The number of aryl methyl sites for hydroxylation is 2. The van der Waals surface area contributed by atoms with E-state index in [0.29, 0.717) is 0 Å². The number of methoxy groups -OCH3 is 1. The first kappa shape index (κ1) is 14.6. The van der Waals surface area contributed by atoms with Crippen molar-refractivity contribution in [3.05, 3.63) is 29.3 Å². The van der Waals surface area contributed by atoms with Gasteiger partial charge in [-0.15, -0.1) is 0 Å². The molecule has 18 heavy (non-hydrogen) atoms. The van der Waals surface area contributed by atoms with Gasteiger partial charge in [0, 0.05) is 5.69 Å². The first-order chi connectivity index (χ1) is 8.56. The van der Waals surface area contributed by atoms with Crippen LogP contribution in [-0.2, 0) is 9.53 Å². The van der Waals surface area contributed by atoms with Gasteiger partial charge in [0.2, 0.25) is 0 Å². The van der Waals surface area contributed by atoms with Crippen molar-refractivity contribution >= 4 is 11.7 Å². The van der Waals surface area contributed by atoms with E-state index in [-0.39, 0.29) is 12.0 Å². The fourth-order valence-corrected chi connectivity index (χ4v) is 2.06. The highest BCUT2D eigenvalue weighted by Crippen LogP contribution is 2.17. The summed E-state index contributed by atoms with van der Waals surface area (Å²) in [4.78, 5) is 11.7. The van der Waals surface area contributed by atoms with Crippen molar-refractivity contribution in [2.24, 2.45) is 0 Å². The number of carbonyl (C=O) groups excluding carboxylic acids is 1. The van der Waals surface area contributed by atoms with Crippen LogP contribution in [0.4, 0.5) is 5.69 Å². The summed E-state index contributed by atoms with van der Waals surface area (Å²) >= 11 is 0. The van der Waals surface area contributed by atoms with Gasteiger partial charge in [0.1, 0.15) is 6.04 Å². The lowest BCUT2D eigenvalue weighted by Gasteiger charge is -2.18. The van der Waals surface area contributed by atoms with E-state index in [2.05, 4.69) is 44.3 Å². The lowest BCUT2D eigenvalue weighted by Crippen LogP contribution is -2.30. The van der Waals surface area contributed by atoms with Crippen molar-refractivity contribution in [2.45, 2.75) is 46.1 Å². The molecule has 0 amide bonds. The molecule has 1 aromatic rings. The molecule has 3 heteroatoms. The molecule has 0 aromatic heterocycles. The molecule has 1 aromatic carbocycles. The molecule has 0 bridgehead atoms. The molecule has 0 heterocycles. The summed E-state index contributed by atoms with van der Waals surface area (Å²) < 4.78 is 4.84. The third-order valence-corrected chi connectivity index (χ3v) is 2.89. The monoisotopic (exact) mass is 249 g/mol. The molecule has 0 radical (unpaired) electrons. The first-order valence-corrected chi connectivity index (χ1v) is 6.49. The van der Waals surface area contributed by atoms with Gasteiger partial charge >= 0.3 is 5.97 Å². The van der Waals surface area contributed by atoms with E-state index in [1.807, 2.05) is 0 Å². The zero-order valence-electron chi connectivity index (χ0n) is 11.7. The Kier molecular flexibility index (Phi) is 5.69. The minimum Gasteiger partial charge on any atom is -0.467 e. The van der Waals surface area contributed by atoms with Crippen LogP contribution in [0.5, 0.6) is 0 Å². The summed E-state index contributed by atoms with van der Waals surface area (Å²) in [7, 11) is 1.43. The molecule has 0 saturated heterocycles. The Bertz CT molecular complexity index is 381. The third kappa shape index (κ3) is 4.40. The summed E-state index contributed by atoms with van der Waals surface area (Å²) in [6.07, 6.45) is 2.88. The molecule has 1 rings (SSSR count). The predicted molar refractivity (Wildman–Crippen MR) is 74.9 cm³/mol. The number of esters is 1. The normalized spacial score (nSPS) is 12.0. The van der Waals surface area contributed by atoms with Gasteiger partial charge in [0.15, 0.2) is 0 Å². The van der Waals surface area contributed by atoms with Crippen LogP contribution >= 0.6 is 0 Å². The number of rotatable bonds is 6. The molecular formula is C15H23NO2. The fraction of sp³-hybridized carbons (Fsp3) is 0.533. The van der Waals surface area contributed by atoms with Gasteiger partial charge in [-0.05, 0) is 43.5 Å². The molecular weight excluding hydrogens is 226 g/mol. The summed E-state index contributed by atoms with van der Waals surface area (Å²) in [5.41, 5.74) is 3.37. The topological polar surface area (TPSA) is 38.3 Å². The number of anilines is 1. The molecule has 100 valence electrons. The highest BCUT2D eigenvalue weighted by Gasteiger charge is 2.18. The highest BCUT2D eigenvalue weighted by molar-refractivity contribution is 5.79. The van der Waals surface area contributed by atoms with E-state index < -0.39 is 0 Å². The number of nitrogens with one attached hydrogen (secondary N) is 1. The van der Waals surface area contributed by atoms with Crippen LogP contribution in [0.25, 0.3) is 0 Å². The van der Waals surface area contributed by atoms with Crippen molar-refractivity contribution in [2.75, 3.05) is 12.4 Å². The van der Waals surface area contributed by atoms with Gasteiger partial charge in [0.05, 0.1) is 7.11 Å². The van der Waals surface area contributed by atoms with Crippen LogP contribution in [-0.4, -0.2) is 19.1 Å². The smallest absolute Gasteiger partial charge is 0.328 e. The SMILES string of the molecule is CCCCC(Nc1cc(C)cc(C)c1)C(=O)OC. The van der Waals surface area contributed by atoms with Crippen molar-refractivity contribution < 1.29 is 9.53 Å². The second kappa shape index (κ2) is 7.04. The lowest BCUT2D eigenvalue weighted by molar-refractivity contribution is -0.141. The Hall–Kier alpha value is -1.51. The second-order valence-electron chi connectivity index (χ2n) is 4.74. The molecule has 0 aliphatic rings. The zero-order chi connectivity index (χ0) is 13.5. The molecule has 0 aliphatic heterocycles. The van der Waals surface area contributed by atoms with Gasteiger partial charge in [-0.2, -0.15) is 0 Å². The zero-order valence-corrected chi connectivity index (χ0v) is 11.7. The van der Waals surface area contributed by atoms with E-state index in [4.69, 9.17) is 4.74 Å². The number of ether oxygens (including phenoxy) is 1. The first-order valence-electron chi connectivity index (χ1n) is 6.49. The Morgan fingerprint density at radius 2 is 1.89 bits per heavy atom. The number of hydrogen-bond donors (Lipinski definition) is 1. The maximum absolute atomic E-state index is 11.7. The van der Waals surface area contributed by atoms with E-state index in [1.165, 1.54) is 18.2 Å². The predicted octanol–water partition coefficient (Wildman–Crippen LogP) is 3.45. The molecule has 3 nitrogen and oxygen atoms in total. The number of unbranched alkanes of at least 4 members (excludes halogenated alkanes) is 1. The standard InChI is InChI=1S/C15H23NO2/c1-5-6-7-14(15(17)18-4)16-13-9-11(2)8-12(3)10-13/h8-10,14,16H,5-7H2,1-4H3. The van der Waals surface area contributed by atoms with Crippen LogP contribution in [0.2, 0.25) is 0 Å². The van der Waals surface area contributed by atoms with Crippen molar-refractivity contribution in [1.29, 1.82) is 0 Å². The van der Waals surface area contributed by atoms with Gasteiger partial charge in [-0.3, -0.25) is 0 Å². The van der Waals surface area contributed by atoms with Crippen molar-refractivity contribution in [1.82, 2.24) is 0 Å². The van der Waals surface area contributed by atoms with Gasteiger partial charge in [-0.25, -0.2) is 4.79 Å². The largest absolute Gasteiger partial charge is 0.467 e. The fourth-order valence-electron chi connectivity index (χ4n) is 2.06. The second-order valence-corrected chi connectivity index (χ2v) is 4.74. The number of benzene rings is 1. The molecule has 0 spiro atoms. The van der Waals surface area contributed by atoms with Gasteiger partial charge in [-0.1, -0.05) is 25.8 Å². The van der Waals surface area contributed by atoms with E-state index in [1.54, 1.807) is 0 Å². The van der Waals surface area contributed by atoms with Crippen LogP contribution in [0.3, 0.4) is 0 Å². The van der Waals surface area contributed by atoms with E-state index in [0.717, 1.165) is 24.9 Å². The number of hydrogen-bond acceptors (Lipinski definition) is 3. The molecule has 0 fully saturated rings. The van der Waals surface area contributed by atoms with Crippen molar-refractivity contribution in [3.63, 3.8) is 0 Å². The minimum absolute atomic E-state index is 0.192. The van der Waals surface area contributed by atoms with Crippen molar-refractivity contribution in [3.8, 4) is 0 Å². The number of carbonyl (C=O) groups is 1. The molecule has 0 saturated carbocycles. The summed E-state index contributed by atoms with van der Waals surface area (Å²) in [5.74, 6) is -0.192. The maximum atomic E-state index is 11.7. The van der Waals surface area contributed by atoms with E-state index in [9.17, 15) is 4.79 Å². The average Bonchev–Trinajstić information content (AvgIpc) is 2.32. The van der Waals surface area contributed by atoms with Crippen LogP contribution < -0.4 is 5.32 Å². The summed E-state index contributed by atoms with van der Waals surface area (Å²) in [6, 6.07) is 5.96. The Morgan fingerprint density at radius 1 is 1.28 bits per heavy atom. The summed E-state index contributed by atoms with van der Waals surface area (Å²) in [6.45, 7) is 6.22. The van der Waals surface area contributed by atoms with Crippen LogP contribution in [0.15, 0.2) is 18.2 Å². The average molecular weight is 249 g/mol. The maximum Gasteiger partial charge on any atom is 0.328 e. The van der Waals surface area contributed by atoms with Gasteiger partial charge < -0.3 is 10.1 Å². The Balaban J connectivity index is 2.78. The highest BCUT2D eigenvalue weighted by atomic mass is 16.5. The lowest BCUT2D eigenvalue weighted by atomic mass is 10.1. The van der Waals surface area contributed by atoms with Crippen LogP contribution in [0, 0.1) is 13.8 Å². The Labute approximate surface area is 110 Å². The molecule has 1 unspecified atom stereocenters. The Morgan fingerprint density at radius 3 is 2.39 bits per heavy atom. The van der Waals surface area contributed by atoms with Gasteiger partial charge in [0.25, 0.3) is 0 Å². The minimum atomic E-state index is -0.254. The quantitative estimate of drug-likeness (QED) is 0.785.